The molecular weight excluding hydrogens is 340 g/mol. The fourth-order valence-corrected chi connectivity index (χ4v) is 3.44. The first-order chi connectivity index (χ1) is 12.6. The molecule has 1 aromatic rings. The number of ether oxygens (including phenoxy) is 2. The lowest BCUT2D eigenvalue weighted by atomic mass is 10.0. The van der Waals surface area contributed by atoms with Crippen molar-refractivity contribution in [3.8, 4) is 11.5 Å². The van der Waals surface area contributed by atoms with Gasteiger partial charge in [0.05, 0.1) is 6.61 Å². The fraction of sp³-hybridized carbons (Fsp3) is 0.632. The van der Waals surface area contributed by atoms with Crippen molar-refractivity contribution >= 4 is 5.96 Å². The van der Waals surface area contributed by atoms with E-state index in [1.54, 1.807) is 32.2 Å². The second kappa shape index (κ2) is 8.10. The molecule has 0 spiro atoms. The van der Waals surface area contributed by atoms with Gasteiger partial charge in [-0.25, -0.2) is 0 Å². The molecule has 7 heteroatoms. The molecule has 2 aliphatic carbocycles. The van der Waals surface area contributed by atoms with Crippen LogP contribution in [0.2, 0.25) is 0 Å². The molecule has 0 radical (unpaired) electrons. The highest BCUT2D eigenvalue weighted by molar-refractivity contribution is 5.79. The van der Waals surface area contributed by atoms with Crippen LogP contribution in [0.5, 0.6) is 11.5 Å². The van der Waals surface area contributed by atoms with Gasteiger partial charge in [0, 0.05) is 25.7 Å². The predicted molar refractivity (Wildman–Crippen MR) is 96.8 cm³/mol. The standard InChI is InChI=1S/C19H27F2N3O2/c1-3-25-15-6-4-5-13(16(15)26-17(20)21)11-23-18(22-2)24-12-19(9-10-19)14-7-8-14/h4-6,14,17H,3,7-12H2,1-2H3,(H2,22,23,24). The van der Waals surface area contributed by atoms with E-state index < -0.39 is 6.61 Å². The third-order valence-corrected chi connectivity index (χ3v) is 5.18. The lowest BCUT2D eigenvalue weighted by Crippen LogP contribution is -2.40. The average Bonchev–Trinajstić information content (AvgIpc) is 3.50. The number of para-hydroxylation sites is 1. The van der Waals surface area contributed by atoms with Crippen molar-refractivity contribution in [1.29, 1.82) is 0 Å². The van der Waals surface area contributed by atoms with Gasteiger partial charge in [-0.15, -0.1) is 0 Å². The van der Waals surface area contributed by atoms with E-state index in [9.17, 15) is 8.78 Å². The van der Waals surface area contributed by atoms with Gasteiger partial charge in [-0.3, -0.25) is 4.99 Å². The van der Waals surface area contributed by atoms with E-state index in [0.29, 0.717) is 35.8 Å². The molecule has 0 saturated heterocycles. The molecule has 0 aromatic heterocycles. The minimum Gasteiger partial charge on any atom is -0.490 e. The zero-order chi connectivity index (χ0) is 18.6. The van der Waals surface area contributed by atoms with Crippen LogP contribution in [-0.2, 0) is 6.54 Å². The number of nitrogens with zero attached hydrogens (tertiary/aromatic N) is 1. The first-order valence-electron chi connectivity index (χ1n) is 9.22. The second-order valence-electron chi connectivity index (χ2n) is 6.97. The van der Waals surface area contributed by atoms with E-state index >= 15 is 0 Å². The molecule has 144 valence electrons. The Kier molecular flexibility index (Phi) is 5.84. The Labute approximate surface area is 153 Å². The number of nitrogens with one attached hydrogen (secondary N) is 2. The first kappa shape index (κ1) is 18.7. The summed E-state index contributed by atoms with van der Waals surface area (Å²) in [6.07, 6.45) is 5.24. The quantitative estimate of drug-likeness (QED) is 0.518. The van der Waals surface area contributed by atoms with Crippen LogP contribution in [0.1, 0.15) is 38.2 Å². The van der Waals surface area contributed by atoms with Gasteiger partial charge in [0.2, 0.25) is 0 Å². The minimum atomic E-state index is -2.90. The van der Waals surface area contributed by atoms with Crippen molar-refractivity contribution in [2.45, 2.75) is 45.8 Å². The molecule has 2 fully saturated rings. The van der Waals surface area contributed by atoms with Gasteiger partial charge in [0.15, 0.2) is 17.5 Å². The molecule has 2 aliphatic rings. The highest BCUT2D eigenvalue weighted by Gasteiger charge is 2.53. The maximum atomic E-state index is 12.8. The van der Waals surface area contributed by atoms with E-state index in [1.807, 2.05) is 0 Å². The molecule has 0 atom stereocenters. The number of benzene rings is 1. The van der Waals surface area contributed by atoms with Gasteiger partial charge in [-0.1, -0.05) is 12.1 Å². The zero-order valence-corrected chi connectivity index (χ0v) is 15.4. The van der Waals surface area contributed by atoms with Crippen molar-refractivity contribution < 1.29 is 18.3 Å². The Bertz CT molecular complexity index is 644. The Balaban J connectivity index is 1.60. The molecule has 5 nitrogen and oxygen atoms in total. The Morgan fingerprint density at radius 3 is 2.65 bits per heavy atom. The van der Waals surface area contributed by atoms with E-state index in [1.165, 1.54) is 25.7 Å². The van der Waals surface area contributed by atoms with Gasteiger partial charge in [-0.2, -0.15) is 8.78 Å². The lowest BCUT2D eigenvalue weighted by Gasteiger charge is -2.19. The van der Waals surface area contributed by atoms with E-state index in [4.69, 9.17) is 9.47 Å². The third kappa shape index (κ3) is 4.56. The number of guanidine groups is 1. The summed E-state index contributed by atoms with van der Waals surface area (Å²) >= 11 is 0. The monoisotopic (exact) mass is 367 g/mol. The van der Waals surface area contributed by atoms with Crippen LogP contribution >= 0.6 is 0 Å². The van der Waals surface area contributed by atoms with Crippen LogP contribution in [-0.4, -0.2) is 32.8 Å². The Morgan fingerprint density at radius 2 is 2.08 bits per heavy atom. The molecule has 0 heterocycles. The molecule has 2 saturated carbocycles. The van der Waals surface area contributed by atoms with Crippen LogP contribution in [0, 0.1) is 11.3 Å². The van der Waals surface area contributed by atoms with Crippen LogP contribution in [0.4, 0.5) is 8.78 Å². The van der Waals surface area contributed by atoms with Gasteiger partial charge < -0.3 is 20.1 Å². The lowest BCUT2D eigenvalue weighted by molar-refractivity contribution is -0.0520. The molecule has 2 N–H and O–H groups in total. The smallest absolute Gasteiger partial charge is 0.387 e. The molecule has 26 heavy (non-hydrogen) atoms. The molecule has 0 bridgehead atoms. The maximum absolute atomic E-state index is 12.8. The van der Waals surface area contributed by atoms with Crippen LogP contribution in [0.3, 0.4) is 0 Å². The van der Waals surface area contributed by atoms with Crippen LogP contribution in [0.15, 0.2) is 23.2 Å². The van der Waals surface area contributed by atoms with E-state index in [2.05, 4.69) is 15.6 Å². The number of hydrogen-bond donors (Lipinski definition) is 2. The van der Waals surface area contributed by atoms with E-state index in [0.717, 1.165) is 12.5 Å². The summed E-state index contributed by atoms with van der Waals surface area (Å²) in [5, 5.41) is 6.57. The van der Waals surface area contributed by atoms with Crippen molar-refractivity contribution in [2.75, 3.05) is 20.2 Å². The van der Waals surface area contributed by atoms with Crippen LogP contribution < -0.4 is 20.1 Å². The van der Waals surface area contributed by atoms with Crippen molar-refractivity contribution in [2.24, 2.45) is 16.3 Å². The average molecular weight is 367 g/mol. The number of halogens is 2. The summed E-state index contributed by atoms with van der Waals surface area (Å²) in [4.78, 5) is 4.24. The minimum absolute atomic E-state index is 0.0731. The topological polar surface area (TPSA) is 54.9 Å². The third-order valence-electron chi connectivity index (χ3n) is 5.18. The highest BCUT2D eigenvalue weighted by atomic mass is 19.3. The van der Waals surface area contributed by atoms with Gasteiger partial charge in [0.1, 0.15) is 0 Å². The molecule has 0 amide bonds. The molecule has 0 aliphatic heterocycles. The van der Waals surface area contributed by atoms with Gasteiger partial charge in [0.25, 0.3) is 0 Å². The normalized spacial score (nSPS) is 18.6. The predicted octanol–water partition coefficient (Wildman–Crippen LogP) is 3.54. The first-order valence-corrected chi connectivity index (χ1v) is 9.22. The number of alkyl halides is 2. The number of aliphatic imine (C=N–C) groups is 1. The summed E-state index contributed by atoms with van der Waals surface area (Å²) in [7, 11) is 1.71. The summed E-state index contributed by atoms with van der Waals surface area (Å²) in [5.74, 6) is 1.92. The van der Waals surface area contributed by atoms with Gasteiger partial charge >= 0.3 is 6.61 Å². The zero-order valence-electron chi connectivity index (χ0n) is 15.4. The number of hydrogen-bond acceptors (Lipinski definition) is 3. The maximum Gasteiger partial charge on any atom is 0.387 e. The SMILES string of the molecule is CCOc1cccc(CNC(=NC)NCC2(C3CC3)CC2)c1OC(F)F. The summed E-state index contributed by atoms with van der Waals surface area (Å²) in [6, 6.07) is 5.14. The fourth-order valence-electron chi connectivity index (χ4n) is 3.44. The summed E-state index contributed by atoms with van der Waals surface area (Å²) < 4.78 is 35.7. The Morgan fingerprint density at radius 1 is 1.31 bits per heavy atom. The van der Waals surface area contributed by atoms with Gasteiger partial charge in [-0.05, 0) is 50.0 Å². The summed E-state index contributed by atoms with van der Waals surface area (Å²) in [5.41, 5.74) is 1.05. The molecular formula is C19H27F2N3O2. The largest absolute Gasteiger partial charge is 0.490 e. The highest BCUT2D eigenvalue weighted by Crippen LogP contribution is 2.60. The summed E-state index contributed by atoms with van der Waals surface area (Å²) in [6.45, 7) is 0.510. The molecule has 0 unspecified atom stereocenters. The van der Waals surface area contributed by atoms with E-state index in [-0.39, 0.29) is 5.75 Å². The number of rotatable bonds is 9. The van der Waals surface area contributed by atoms with Crippen LogP contribution in [0.25, 0.3) is 0 Å². The van der Waals surface area contributed by atoms with Crippen molar-refractivity contribution in [3.05, 3.63) is 23.8 Å². The molecule has 1 aromatic carbocycles. The van der Waals surface area contributed by atoms with Crippen molar-refractivity contribution in [1.82, 2.24) is 10.6 Å². The molecule has 3 rings (SSSR count). The second-order valence-corrected chi connectivity index (χ2v) is 6.97. The Hall–Kier alpha value is -2.05. The van der Waals surface area contributed by atoms with Crippen molar-refractivity contribution in [3.63, 3.8) is 0 Å².